The van der Waals surface area contributed by atoms with Crippen LogP contribution in [0.15, 0.2) is 30.5 Å². The smallest absolute Gasteiger partial charge is 0.320 e. The van der Waals surface area contributed by atoms with Crippen LogP contribution < -0.4 is 5.32 Å². The van der Waals surface area contributed by atoms with Gasteiger partial charge in [0, 0.05) is 7.05 Å². The van der Waals surface area contributed by atoms with Crippen LogP contribution in [0.25, 0.3) is 0 Å². The van der Waals surface area contributed by atoms with Crippen LogP contribution in [0.1, 0.15) is 41.0 Å². The third kappa shape index (κ3) is 3.13. The Morgan fingerprint density at radius 2 is 2.05 bits per heavy atom. The van der Waals surface area contributed by atoms with Gasteiger partial charge in [-0.05, 0) is 18.9 Å². The Balaban J connectivity index is 2.25. The Bertz CT molecular complexity index is 691. The van der Waals surface area contributed by atoms with E-state index in [1.165, 1.54) is 11.7 Å². The van der Waals surface area contributed by atoms with Gasteiger partial charge in [0.15, 0.2) is 0 Å². The minimum Gasteiger partial charge on any atom is -0.344 e. The highest BCUT2D eigenvalue weighted by molar-refractivity contribution is 5.96. The van der Waals surface area contributed by atoms with Crippen molar-refractivity contribution < 1.29 is 9.72 Å². The van der Waals surface area contributed by atoms with Crippen molar-refractivity contribution in [1.82, 2.24) is 15.1 Å². The highest BCUT2D eigenvalue weighted by Crippen LogP contribution is 2.21. The molecule has 1 unspecified atom stereocenters. The third-order valence-corrected chi connectivity index (χ3v) is 3.52. The molecule has 0 fully saturated rings. The number of aromatic nitrogens is 2. The lowest BCUT2D eigenvalue weighted by Gasteiger charge is -2.17. The summed E-state index contributed by atoms with van der Waals surface area (Å²) in [4.78, 5) is 22.8. The Hall–Kier alpha value is -2.70. The Labute approximate surface area is 128 Å². The van der Waals surface area contributed by atoms with Gasteiger partial charge < -0.3 is 5.32 Å². The van der Waals surface area contributed by atoms with E-state index in [1.807, 2.05) is 38.1 Å². The molecule has 0 saturated heterocycles. The standard InChI is InChI=1S/C15H18N4O3/c1-4-12(11-7-5-10(2)6-8-11)17-15(20)14-13(19(21)22)9-16-18(14)3/h5-9,12H,4H2,1-3H3,(H,17,20). The summed E-state index contributed by atoms with van der Waals surface area (Å²) in [6.07, 6.45) is 1.77. The number of rotatable bonds is 5. The van der Waals surface area contributed by atoms with E-state index in [2.05, 4.69) is 10.4 Å². The molecule has 0 saturated carbocycles. The molecular weight excluding hydrogens is 284 g/mol. The maximum atomic E-state index is 12.4. The summed E-state index contributed by atoms with van der Waals surface area (Å²) in [6, 6.07) is 7.62. The van der Waals surface area contributed by atoms with Gasteiger partial charge in [-0.2, -0.15) is 5.10 Å². The first-order chi connectivity index (χ1) is 10.4. The largest absolute Gasteiger partial charge is 0.344 e. The Morgan fingerprint density at radius 1 is 1.41 bits per heavy atom. The van der Waals surface area contributed by atoms with Crippen LogP contribution in [0.4, 0.5) is 5.69 Å². The fourth-order valence-electron chi connectivity index (χ4n) is 2.27. The summed E-state index contributed by atoms with van der Waals surface area (Å²) in [5.74, 6) is -0.501. The molecule has 0 radical (unpaired) electrons. The van der Waals surface area contributed by atoms with E-state index in [9.17, 15) is 14.9 Å². The van der Waals surface area contributed by atoms with Crippen LogP contribution >= 0.6 is 0 Å². The lowest BCUT2D eigenvalue weighted by molar-refractivity contribution is -0.385. The number of hydrogen-bond donors (Lipinski definition) is 1. The maximum Gasteiger partial charge on any atom is 0.320 e. The number of amides is 1. The number of nitrogens with one attached hydrogen (secondary N) is 1. The van der Waals surface area contributed by atoms with Gasteiger partial charge >= 0.3 is 5.69 Å². The highest BCUT2D eigenvalue weighted by atomic mass is 16.6. The predicted molar refractivity (Wildman–Crippen MR) is 81.5 cm³/mol. The number of benzene rings is 1. The average Bonchev–Trinajstić information content (AvgIpc) is 2.87. The van der Waals surface area contributed by atoms with E-state index in [-0.39, 0.29) is 17.4 Å². The van der Waals surface area contributed by atoms with Crippen molar-refractivity contribution in [2.24, 2.45) is 7.05 Å². The minimum atomic E-state index is -0.602. The molecular formula is C15H18N4O3. The number of aryl methyl sites for hydroxylation is 2. The van der Waals surface area contributed by atoms with Crippen LogP contribution in [-0.4, -0.2) is 20.6 Å². The minimum absolute atomic E-state index is 0.0458. The van der Waals surface area contributed by atoms with E-state index in [0.717, 1.165) is 17.3 Å². The fraction of sp³-hybridized carbons (Fsp3) is 0.333. The summed E-state index contributed by atoms with van der Waals surface area (Å²) in [5.41, 5.74) is 1.76. The van der Waals surface area contributed by atoms with Gasteiger partial charge in [0.05, 0.1) is 11.0 Å². The van der Waals surface area contributed by atoms with Crippen LogP contribution in [-0.2, 0) is 7.05 Å². The normalized spacial score (nSPS) is 12.0. The molecule has 1 aromatic carbocycles. The zero-order valence-corrected chi connectivity index (χ0v) is 12.7. The summed E-state index contributed by atoms with van der Waals surface area (Å²) < 4.78 is 1.22. The second-order valence-corrected chi connectivity index (χ2v) is 5.10. The van der Waals surface area contributed by atoms with E-state index >= 15 is 0 Å². The molecule has 1 heterocycles. The molecule has 116 valence electrons. The van der Waals surface area contributed by atoms with Crippen molar-refractivity contribution in [2.75, 3.05) is 0 Å². The van der Waals surface area contributed by atoms with Gasteiger partial charge in [0.25, 0.3) is 5.91 Å². The maximum absolute atomic E-state index is 12.4. The zero-order valence-electron chi connectivity index (χ0n) is 12.7. The Kier molecular flexibility index (Phi) is 4.55. The predicted octanol–water partition coefficient (Wildman–Crippen LogP) is 2.52. The van der Waals surface area contributed by atoms with Gasteiger partial charge in [-0.3, -0.25) is 19.6 Å². The molecule has 2 rings (SSSR count). The fourth-order valence-corrected chi connectivity index (χ4v) is 2.27. The Morgan fingerprint density at radius 3 is 2.59 bits per heavy atom. The second kappa shape index (κ2) is 6.38. The van der Waals surface area contributed by atoms with E-state index in [4.69, 9.17) is 0 Å². The molecule has 0 aliphatic carbocycles. The van der Waals surface area contributed by atoms with Crippen LogP contribution in [0, 0.1) is 17.0 Å². The van der Waals surface area contributed by atoms with E-state index in [0.29, 0.717) is 6.42 Å². The summed E-state index contributed by atoms with van der Waals surface area (Å²) in [5, 5.41) is 17.6. The molecule has 2 aromatic rings. The van der Waals surface area contributed by atoms with Crippen molar-refractivity contribution in [1.29, 1.82) is 0 Å². The number of hydrogen-bond acceptors (Lipinski definition) is 4. The zero-order chi connectivity index (χ0) is 16.3. The summed E-state index contributed by atoms with van der Waals surface area (Å²) in [6.45, 7) is 3.94. The SMILES string of the molecule is CCC(NC(=O)c1c([N+](=O)[O-])cnn1C)c1ccc(C)cc1. The molecule has 1 N–H and O–H groups in total. The van der Waals surface area contributed by atoms with E-state index in [1.54, 1.807) is 0 Å². The highest BCUT2D eigenvalue weighted by Gasteiger charge is 2.27. The first kappa shape index (κ1) is 15.7. The molecule has 22 heavy (non-hydrogen) atoms. The van der Waals surface area contributed by atoms with E-state index < -0.39 is 10.8 Å². The van der Waals surface area contributed by atoms with Gasteiger partial charge in [0.1, 0.15) is 6.20 Å². The molecule has 0 spiro atoms. The van der Waals surface area contributed by atoms with Gasteiger partial charge in [-0.25, -0.2) is 0 Å². The molecule has 1 atom stereocenters. The van der Waals surface area contributed by atoms with Crippen LogP contribution in [0.5, 0.6) is 0 Å². The van der Waals surface area contributed by atoms with Crippen LogP contribution in [0.2, 0.25) is 0 Å². The number of carbonyl (C=O) groups is 1. The third-order valence-electron chi connectivity index (χ3n) is 3.52. The lowest BCUT2D eigenvalue weighted by atomic mass is 10.0. The molecule has 7 heteroatoms. The monoisotopic (exact) mass is 302 g/mol. The topological polar surface area (TPSA) is 90.1 Å². The molecule has 1 amide bonds. The molecule has 1 aromatic heterocycles. The van der Waals surface area contributed by atoms with Gasteiger partial charge in [-0.1, -0.05) is 36.8 Å². The van der Waals surface area contributed by atoms with Crippen molar-refractivity contribution in [3.8, 4) is 0 Å². The van der Waals surface area contributed by atoms with Crippen molar-refractivity contribution >= 4 is 11.6 Å². The lowest BCUT2D eigenvalue weighted by Crippen LogP contribution is -2.30. The van der Waals surface area contributed by atoms with Crippen molar-refractivity contribution in [3.05, 3.63) is 57.4 Å². The first-order valence-corrected chi connectivity index (χ1v) is 6.97. The van der Waals surface area contributed by atoms with Crippen molar-refractivity contribution in [3.63, 3.8) is 0 Å². The average molecular weight is 302 g/mol. The summed E-state index contributed by atoms with van der Waals surface area (Å²) >= 11 is 0. The summed E-state index contributed by atoms with van der Waals surface area (Å²) in [7, 11) is 1.51. The van der Waals surface area contributed by atoms with Gasteiger partial charge in [0.2, 0.25) is 5.69 Å². The quantitative estimate of drug-likeness (QED) is 0.678. The molecule has 0 aliphatic heterocycles. The second-order valence-electron chi connectivity index (χ2n) is 5.10. The number of nitro groups is 1. The number of nitrogens with zero attached hydrogens (tertiary/aromatic N) is 3. The van der Waals surface area contributed by atoms with Crippen molar-refractivity contribution in [2.45, 2.75) is 26.3 Å². The van der Waals surface area contributed by atoms with Gasteiger partial charge in [-0.15, -0.1) is 0 Å². The van der Waals surface area contributed by atoms with Crippen LogP contribution in [0.3, 0.4) is 0 Å². The molecule has 0 bridgehead atoms. The number of carbonyl (C=O) groups excluding carboxylic acids is 1. The molecule has 0 aliphatic rings. The first-order valence-electron chi connectivity index (χ1n) is 6.97. The molecule has 7 nitrogen and oxygen atoms in total.